The minimum absolute atomic E-state index is 0.539. The Hall–Kier alpha value is -1.69. The minimum Gasteiger partial charge on any atom is -0.460 e. The smallest absolute Gasteiger partial charge is 0.134 e. The fourth-order valence-electron chi connectivity index (χ4n) is 1.50. The molecule has 1 aromatic heterocycles. The highest BCUT2D eigenvalue weighted by Gasteiger charge is 2.04. The Bertz CT molecular complexity index is 522. The van der Waals surface area contributed by atoms with E-state index in [0.29, 0.717) is 13.1 Å². The molecule has 86 valence electrons. The summed E-state index contributed by atoms with van der Waals surface area (Å²) in [5, 5.41) is 3.79. The third-order valence-electron chi connectivity index (χ3n) is 2.32. The highest BCUT2D eigenvalue weighted by atomic mass is 35.5. The quantitative estimate of drug-likeness (QED) is 0.660. The fraction of sp³-hybridized carbons (Fsp3) is 0.143. The van der Waals surface area contributed by atoms with Gasteiger partial charge in [0, 0.05) is 10.6 Å². The second kappa shape index (κ2) is 5.58. The van der Waals surface area contributed by atoms with Gasteiger partial charge in [0.15, 0.2) is 0 Å². The first-order valence-electron chi connectivity index (χ1n) is 5.28. The highest BCUT2D eigenvalue weighted by Crippen LogP contribution is 2.23. The molecule has 1 aromatic carbocycles. The Morgan fingerprint density at radius 1 is 1.18 bits per heavy atom. The Kier molecular flexibility index (Phi) is 3.87. The fourth-order valence-corrected chi connectivity index (χ4v) is 1.63. The molecular formula is C14H12ClNO. The molecule has 3 heteroatoms. The number of terminal acetylenes is 1. The first kappa shape index (κ1) is 11.8. The molecule has 0 atom stereocenters. The van der Waals surface area contributed by atoms with E-state index < -0.39 is 0 Å². The average Bonchev–Trinajstić information content (AvgIpc) is 2.79. The van der Waals surface area contributed by atoms with E-state index in [9.17, 15) is 0 Å². The molecule has 0 fully saturated rings. The van der Waals surface area contributed by atoms with Gasteiger partial charge in [0.1, 0.15) is 11.5 Å². The number of hydrogen-bond donors (Lipinski definition) is 1. The highest BCUT2D eigenvalue weighted by molar-refractivity contribution is 6.30. The maximum atomic E-state index is 5.83. The van der Waals surface area contributed by atoms with Crippen LogP contribution in [0.3, 0.4) is 0 Å². The van der Waals surface area contributed by atoms with Crippen LogP contribution in [0, 0.1) is 12.3 Å². The van der Waals surface area contributed by atoms with E-state index >= 15 is 0 Å². The van der Waals surface area contributed by atoms with Crippen molar-refractivity contribution in [2.24, 2.45) is 0 Å². The molecule has 2 rings (SSSR count). The van der Waals surface area contributed by atoms with E-state index in [1.165, 1.54) is 0 Å². The third-order valence-corrected chi connectivity index (χ3v) is 2.57. The van der Waals surface area contributed by atoms with Crippen molar-refractivity contribution >= 4 is 11.6 Å². The lowest BCUT2D eigenvalue weighted by atomic mass is 10.2. The van der Waals surface area contributed by atoms with Crippen LogP contribution in [0.4, 0.5) is 0 Å². The van der Waals surface area contributed by atoms with Crippen molar-refractivity contribution in [3.05, 3.63) is 47.2 Å². The average molecular weight is 246 g/mol. The molecule has 0 saturated heterocycles. The van der Waals surface area contributed by atoms with E-state index in [0.717, 1.165) is 22.1 Å². The summed E-state index contributed by atoms with van der Waals surface area (Å²) in [5.41, 5.74) is 1.01. The second-order valence-electron chi connectivity index (χ2n) is 3.58. The molecule has 0 unspecified atom stereocenters. The summed E-state index contributed by atoms with van der Waals surface area (Å²) >= 11 is 5.83. The Labute approximate surface area is 106 Å². The lowest BCUT2D eigenvalue weighted by Crippen LogP contribution is -2.12. The topological polar surface area (TPSA) is 25.2 Å². The largest absolute Gasteiger partial charge is 0.460 e. The third kappa shape index (κ3) is 3.13. The van der Waals surface area contributed by atoms with Crippen LogP contribution in [-0.4, -0.2) is 6.54 Å². The molecule has 1 heterocycles. The lowest BCUT2D eigenvalue weighted by Gasteiger charge is -1.98. The van der Waals surface area contributed by atoms with Crippen LogP contribution in [0.5, 0.6) is 0 Å². The molecule has 0 aliphatic rings. The monoisotopic (exact) mass is 245 g/mol. The number of nitrogens with one attached hydrogen (secondary N) is 1. The molecule has 0 saturated carbocycles. The Balaban J connectivity index is 2.08. The van der Waals surface area contributed by atoms with Crippen molar-refractivity contribution in [1.29, 1.82) is 0 Å². The second-order valence-corrected chi connectivity index (χ2v) is 4.02. The van der Waals surface area contributed by atoms with E-state index in [4.69, 9.17) is 22.4 Å². The van der Waals surface area contributed by atoms with Crippen LogP contribution in [0.15, 0.2) is 40.8 Å². The number of benzene rings is 1. The van der Waals surface area contributed by atoms with Crippen molar-refractivity contribution in [3.8, 4) is 23.7 Å². The SMILES string of the molecule is C#CCNCc1ccc(-c2ccc(Cl)cc2)o1. The molecule has 2 nitrogen and oxygen atoms in total. The summed E-state index contributed by atoms with van der Waals surface area (Å²) in [5.74, 6) is 4.21. The molecule has 0 spiro atoms. The Morgan fingerprint density at radius 3 is 2.65 bits per heavy atom. The van der Waals surface area contributed by atoms with E-state index in [1.54, 1.807) is 0 Å². The summed E-state index contributed by atoms with van der Waals surface area (Å²) in [6.07, 6.45) is 5.15. The zero-order valence-corrected chi connectivity index (χ0v) is 10.00. The van der Waals surface area contributed by atoms with Gasteiger partial charge in [-0.05, 0) is 36.4 Å². The summed E-state index contributed by atoms with van der Waals surface area (Å²) in [6.45, 7) is 1.18. The van der Waals surface area contributed by atoms with Gasteiger partial charge in [0.2, 0.25) is 0 Å². The summed E-state index contributed by atoms with van der Waals surface area (Å²) in [4.78, 5) is 0. The normalized spacial score (nSPS) is 10.1. The van der Waals surface area contributed by atoms with Crippen molar-refractivity contribution < 1.29 is 4.42 Å². The molecule has 1 N–H and O–H groups in total. The molecule has 0 radical (unpaired) electrons. The summed E-state index contributed by atoms with van der Waals surface area (Å²) in [7, 11) is 0. The Morgan fingerprint density at radius 2 is 1.94 bits per heavy atom. The first-order valence-corrected chi connectivity index (χ1v) is 5.66. The van der Waals surface area contributed by atoms with Crippen LogP contribution < -0.4 is 5.32 Å². The van der Waals surface area contributed by atoms with Gasteiger partial charge in [-0.1, -0.05) is 17.5 Å². The molecule has 0 aliphatic carbocycles. The number of hydrogen-bond acceptors (Lipinski definition) is 2. The minimum atomic E-state index is 0.539. The molecule has 2 aromatic rings. The molecule has 17 heavy (non-hydrogen) atoms. The standard InChI is InChI=1S/C14H12ClNO/c1-2-9-16-10-13-7-8-14(17-13)11-3-5-12(15)6-4-11/h1,3-8,16H,9-10H2. The van der Waals surface area contributed by atoms with Gasteiger partial charge in [-0.15, -0.1) is 6.42 Å². The number of rotatable bonds is 4. The molecule has 0 bridgehead atoms. The summed E-state index contributed by atoms with van der Waals surface area (Å²) < 4.78 is 5.68. The van der Waals surface area contributed by atoms with Crippen LogP contribution in [0.2, 0.25) is 5.02 Å². The maximum Gasteiger partial charge on any atom is 0.134 e. The first-order chi connectivity index (χ1) is 8.29. The van der Waals surface area contributed by atoms with Gasteiger partial charge in [0.05, 0.1) is 13.1 Å². The van der Waals surface area contributed by atoms with Crippen LogP contribution in [0.25, 0.3) is 11.3 Å². The number of halogens is 1. The van der Waals surface area contributed by atoms with Crippen molar-refractivity contribution in [2.45, 2.75) is 6.54 Å². The number of furan rings is 1. The van der Waals surface area contributed by atoms with Crippen LogP contribution in [-0.2, 0) is 6.54 Å². The van der Waals surface area contributed by atoms with Crippen LogP contribution in [0.1, 0.15) is 5.76 Å². The van der Waals surface area contributed by atoms with Gasteiger partial charge < -0.3 is 4.42 Å². The summed E-state index contributed by atoms with van der Waals surface area (Å²) in [6, 6.07) is 11.4. The van der Waals surface area contributed by atoms with E-state index in [1.807, 2.05) is 36.4 Å². The lowest BCUT2D eigenvalue weighted by molar-refractivity contribution is 0.503. The predicted octanol–water partition coefficient (Wildman–Crippen LogP) is 3.32. The van der Waals surface area contributed by atoms with E-state index in [2.05, 4.69) is 11.2 Å². The van der Waals surface area contributed by atoms with Crippen LogP contribution >= 0.6 is 11.6 Å². The van der Waals surface area contributed by atoms with Gasteiger partial charge >= 0.3 is 0 Å². The van der Waals surface area contributed by atoms with Gasteiger partial charge in [-0.3, -0.25) is 5.32 Å². The van der Waals surface area contributed by atoms with Crippen molar-refractivity contribution in [1.82, 2.24) is 5.32 Å². The molecule has 0 aliphatic heterocycles. The zero-order valence-electron chi connectivity index (χ0n) is 9.24. The maximum absolute atomic E-state index is 5.83. The molecule has 0 amide bonds. The van der Waals surface area contributed by atoms with Crippen molar-refractivity contribution in [3.63, 3.8) is 0 Å². The van der Waals surface area contributed by atoms with Gasteiger partial charge in [-0.25, -0.2) is 0 Å². The van der Waals surface area contributed by atoms with Crippen molar-refractivity contribution in [2.75, 3.05) is 6.54 Å². The van der Waals surface area contributed by atoms with E-state index in [-0.39, 0.29) is 0 Å². The van der Waals surface area contributed by atoms with Gasteiger partial charge in [0.25, 0.3) is 0 Å². The zero-order chi connectivity index (χ0) is 12.1. The predicted molar refractivity (Wildman–Crippen MR) is 69.7 cm³/mol. The van der Waals surface area contributed by atoms with Gasteiger partial charge in [-0.2, -0.15) is 0 Å². The molecular weight excluding hydrogens is 234 g/mol.